The summed E-state index contributed by atoms with van der Waals surface area (Å²) < 4.78 is 28.9. The fourth-order valence-electron chi connectivity index (χ4n) is 2.37. The van der Waals surface area contributed by atoms with Gasteiger partial charge in [0.1, 0.15) is 5.65 Å². The molecule has 0 amide bonds. The van der Waals surface area contributed by atoms with Crippen LogP contribution >= 0.6 is 11.3 Å². The van der Waals surface area contributed by atoms with E-state index in [2.05, 4.69) is 4.98 Å². The summed E-state index contributed by atoms with van der Waals surface area (Å²) in [6.07, 6.45) is 3.88. The van der Waals surface area contributed by atoms with E-state index in [0.717, 1.165) is 6.42 Å². The Kier molecular flexibility index (Phi) is 4.28. The Morgan fingerprint density at radius 3 is 2.86 bits per heavy atom. The van der Waals surface area contributed by atoms with Crippen molar-refractivity contribution in [1.29, 1.82) is 0 Å². The normalized spacial score (nSPS) is 12.3. The Balaban J connectivity index is 1.89. The number of sulfonamides is 1. The Hall–Kier alpha value is -1.70. The van der Waals surface area contributed by atoms with Gasteiger partial charge in [0.2, 0.25) is 0 Å². The highest BCUT2D eigenvalue weighted by Gasteiger charge is 2.26. The summed E-state index contributed by atoms with van der Waals surface area (Å²) in [6, 6.07) is 9.44. The molecule has 3 aromatic heterocycles. The molecule has 3 heterocycles. The van der Waals surface area contributed by atoms with Crippen molar-refractivity contribution in [2.75, 3.05) is 13.1 Å². The van der Waals surface area contributed by atoms with Crippen molar-refractivity contribution >= 4 is 27.0 Å². The second kappa shape index (κ2) is 6.20. The molecule has 0 unspecified atom stereocenters. The number of imidazole rings is 1. The maximum absolute atomic E-state index is 12.9. The highest BCUT2D eigenvalue weighted by Crippen LogP contribution is 2.18. The molecule has 0 aliphatic heterocycles. The average molecular weight is 335 g/mol. The minimum Gasteiger partial charge on any atom is -0.289 e. The summed E-state index contributed by atoms with van der Waals surface area (Å²) in [5, 5.41) is 2.22. The van der Waals surface area contributed by atoms with Crippen molar-refractivity contribution in [1.82, 2.24) is 13.7 Å². The van der Waals surface area contributed by atoms with E-state index in [-0.39, 0.29) is 5.03 Å². The molecule has 0 bridgehead atoms. The van der Waals surface area contributed by atoms with E-state index in [1.807, 2.05) is 30.5 Å². The Morgan fingerprint density at radius 1 is 1.27 bits per heavy atom. The van der Waals surface area contributed by atoms with Crippen LogP contribution in [0.5, 0.6) is 0 Å². The molecule has 22 heavy (non-hydrogen) atoms. The standard InChI is InChI=1S/C15H17N3O2S2/c1-2-17(10-8-13-6-5-11-21-13)22(19,20)15-12-16-14-7-3-4-9-18(14)15/h3-7,9,11-12H,2,8,10H2,1H3. The van der Waals surface area contributed by atoms with Crippen molar-refractivity contribution in [2.24, 2.45) is 0 Å². The van der Waals surface area contributed by atoms with Gasteiger partial charge in [-0.3, -0.25) is 4.40 Å². The van der Waals surface area contributed by atoms with Crippen LogP contribution in [0.1, 0.15) is 11.8 Å². The number of hydrogen-bond donors (Lipinski definition) is 0. The number of aromatic nitrogens is 2. The zero-order valence-corrected chi connectivity index (χ0v) is 13.8. The summed E-state index contributed by atoms with van der Waals surface area (Å²) in [7, 11) is -3.55. The Bertz CT molecular complexity index is 854. The Morgan fingerprint density at radius 2 is 2.14 bits per heavy atom. The number of pyridine rings is 1. The summed E-state index contributed by atoms with van der Waals surface area (Å²) in [5.74, 6) is 0. The molecule has 0 spiro atoms. The summed E-state index contributed by atoms with van der Waals surface area (Å²) in [6.45, 7) is 2.77. The van der Waals surface area contributed by atoms with Crippen LogP contribution in [0.15, 0.2) is 53.1 Å². The average Bonchev–Trinajstić information content (AvgIpc) is 3.17. The number of nitrogens with zero attached hydrogens (tertiary/aromatic N) is 3. The molecular formula is C15H17N3O2S2. The third-order valence-electron chi connectivity index (χ3n) is 3.53. The molecule has 5 nitrogen and oxygen atoms in total. The van der Waals surface area contributed by atoms with Gasteiger partial charge in [0.15, 0.2) is 5.03 Å². The minimum atomic E-state index is -3.55. The van der Waals surface area contributed by atoms with Gasteiger partial charge in [0, 0.05) is 24.2 Å². The second-order valence-corrected chi connectivity index (χ2v) is 7.77. The number of rotatable bonds is 6. The smallest absolute Gasteiger partial charge is 0.260 e. The summed E-state index contributed by atoms with van der Waals surface area (Å²) in [5.41, 5.74) is 0.635. The largest absolute Gasteiger partial charge is 0.289 e. The first kappa shape index (κ1) is 15.2. The molecule has 0 aromatic carbocycles. The highest BCUT2D eigenvalue weighted by atomic mass is 32.2. The van der Waals surface area contributed by atoms with Crippen molar-refractivity contribution in [3.8, 4) is 0 Å². The minimum absolute atomic E-state index is 0.219. The van der Waals surface area contributed by atoms with Crippen LogP contribution in [-0.4, -0.2) is 35.2 Å². The molecule has 7 heteroatoms. The van der Waals surface area contributed by atoms with Gasteiger partial charge in [-0.2, -0.15) is 4.31 Å². The van der Waals surface area contributed by atoms with Gasteiger partial charge in [0.25, 0.3) is 10.0 Å². The lowest BCUT2D eigenvalue weighted by Crippen LogP contribution is -2.33. The number of likely N-dealkylation sites (N-methyl/N-ethyl adjacent to an activating group) is 1. The summed E-state index contributed by atoms with van der Waals surface area (Å²) >= 11 is 1.65. The van der Waals surface area contributed by atoms with Gasteiger partial charge in [-0.1, -0.05) is 19.1 Å². The monoisotopic (exact) mass is 335 g/mol. The van der Waals surface area contributed by atoms with Gasteiger partial charge in [-0.05, 0) is 30.0 Å². The van der Waals surface area contributed by atoms with E-state index in [0.29, 0.717) is 18.7 Å². The molecule has 0 saturated heterocycles. The Labute approximate surface area is 133 Å². The molecular weight excluding hydrogens is 318 g/mol. The molecule has 0 aliphatic rings. The first-order valence-electron chi connectivity index (χ1n) is 7.07. The third kappa shape index (κ3) is 2.79. The molecule has 0 saturated carbocycles. The maximum atomic E-state index is 12.9. The zero-order valence-electron chi connectivity index (χ0n) is 12.2. The van der Waals surface area contributed by atoms with Crippen LogP contribution in [0.25, 0.3) is 5.65 Å². The van der Waals surface area contributed by atoms with Crippen molar-refractivity contribution < 1.29 is 8.42 Å². The van der Waals surface area contributed by atoms with Gasteiger partial charge in [-0.25, -0.2) is 13.4 Å². The maximum Gasteiger partial charge on any atom is 0.260 e. The van der Waals surface area contributed by atoms with Crippen LogP contribution in [0.3, 0.4) is 0 Å². The molecule has 116 valence electrons. The predicted molar refractivity (Wildman–Crippen MR) is 87.6 cm³/mol. The molecule has 0 radical (unpaired) electrons. The summed E-state index contributed by atoms with van der Waals surface area (Å²) in [4.78, 5) is 5.36. The third-order valence-corrected chi connectivity index (χ3v) is 6.42. The van der Waals surface area contributed by atoms with Crippen molar-refractivity contribution in [3.63, 3.8) is 0 Å². The molecule has 0 N–H and O–H groups in total. The second-order valence-electron chi connectivity index (χ2n) is 4.85. The van der Waals surface area contributed by atoms with Crippen molar-refractivity contribution in [3.05, 3.63) is 53.0 Å². The number of hydrogen-bond acceptors (Lipinski definition) is 4. The molecule has 3 aromatic rings. The van der Waals surface area contributed by atoms with Crippen molar-refractivity contribution in [2.45, 2.75) is 18.4 Å². The van der Waals surface area contributed by atoms with E-state index in [4.69, 9.17) is 0 Å². The van der Waals surface area contributed by atoms with Gasteiger partial charge in [-0.15, -0.1) is 11.3 Å². The predicted octanol–water partition coefficient (Wildman–Crippen LogP) is 2.65. The van der Waals surface area contributed by atoms with Crippen LogP contribution in [0.4, 0.5) is 0 Å². The molecule has 0 aliphatic carbocycles. The highest BCUT2D eigenvalue weighted by molar-refractivity contribution is 7.89. The lowest BCUT2D eigenvalue weighted by atomic mass is 10.3. The lowest BCUT2D eigenvalue weighted by molar-refractivity contribution is 0.429. The first-order chi connectivity index (χ1) is 10.6. The number of thiophene rings is 1. The lowest BCUT2D eigenvalue weighted by Gasteiger charge is -2.19. The quantitative estimate of drug-likeness (QED) is 0.696. The van der Waals surface area contributed by atoms with E-state index in [1.54, 1.807) is 34.1 Å². The SMILES string of the molecule is CCN(CCc1cccs1)S(=O)(=O)c1cnc2ccccn12. The van der Waals surface area contributed by atoms with Crippen LogP contribution < -0.4 is 0 Å². The fraction of sp³-hybridized carbons (Fsp3) is 0.267. The molecule has 0 atom stereocenters. The van der Waals surface area contributed by atoms with E-state index < -0.39 is 10.0 Å². The molecule has 0 fully saturated rings. The molecule has 3 rings (SSSR count). The van der Waals surface area contributed by atoms with E-state index in [1.165, 1.54) is 15.4 Å². The fourth-order valence-corrected chi connectivity index (χ4v) is 4.59. The van der Waals surface area contributed by atoms with Gasteiger partial charge >= 0.3 is 0 Å². The number of fused-ring (bicyclic) bond motifs is 1. The van der Waals surface area contributed by atoms with Gasteiger partial charge in [0.05, 0.1) is 6.20 Å². The van der Waals surface area contributed by atoms with Crippen LogP contribution in [-0.2, 0) is 16.4 Å². The van der Waals surface area contributed by atoms with E-state index in [9.17, 15) is 8.42 Å². The van der Waals surface area contributed by atoms with Gasteiger partial charge < -0.3 is 0 Å². The first-order valence-corrected chi connectivity index (χ1v) is 9.39. The zero-order chi connectivity index (χ0) is 15.6. The topological polar surface area (TPSA) is 54.7 Å². The van der Waals surface area contributed by atoms with E-state index >= 15 is 0 Å². The van der Waals surface area contributed by atoms with Crippen LogP contribution in [0.2, 0.25) is 0 Å². The van der Waals surface area contributed by atoms with Crippen LogP contribution in [0, 0.1) is 0 Å².